The minimum atomic E-state index is -3.43. The third kappa shape index (κ3) is 4.43. The lowest BCUT2D eigenvalue weighted by molar-refractivity contribution is 0.370. The maximum atomic E-state index is 11.4. The maximum Gasteiger partial charge on any atom is 0.279 e. The lowest BCUT2D eigenvalue weighted by Gasteiger charge is -2.09. The monoisotopic (exact) mass is 319 g/mol. The molecule has 6 nitrogen and oxygen atoms in total. The molecule has 1 aromatic heterocycles. The van der Waals surface area contributed by atoms with Gasteiger partial charge in [-0.15, -0.1) is 0 Å². The van der Waals surface area contributed by atoms with Gasteiger partial charge < -0.3 is 4.74 Å². The van der Waals surface area contributed by atoms with Crippen LogP contribution in [0.1, 0.15) is 0 Å². The highest BCUT2D eigenvalue weighted by Gasteiger charge is 2.10. The summed E-state index contributed by atoms with van der Waals surface area (Å²) in [7, 11) is -0.528. The Labute approximate surface area is 130 Å². The molecule has 2 aromatic rings. The topological polar surface area (TPSA) is 71.5 Å². The zero-order chi connectivity index (χ0) is 16.0. The van der Waals surface area contributed by atoms with Crippen LogP contribution in [0.4, 0.5) is 0 Å². The first-order chi connectivity index (χ1) is 10.5. The van der Waals surface area contributed by atoms with Gasteiger partial charge in [-0.2, -0.15) is 17.4 Å². The van der Waals surface area contributed by atoms with Gasteiger partial charge in [-0.3, -0.25) is 4.98 Å². The fourth-order valence-corrected chi connectivity index (χ4v) is 2.14. The predicted octanol–water partition coefficient (Wildman–Crippen LogP) is 1.01. The van der Waals surface area contributed by atoms with Crippen molar-refractivity contribution >= 4 is 21.1 Å². The standard InChI is InChI=1S/C15H17N3O3S/c1-18(2)22(19,20)17-10-3-4-11-21-14-8-7-13-6-5-9-16-15(13)12-14/h5-9,12,17H,10-11H2,1-2H3. The molecule has 0 atom stereocenters. The van der Waals surface area contributed by atoms with Gasteiger partial charge in [0.25, 0.3) is 10.2 Å². The number of hydrogen-bond acceptors (Lipinski definition) is 4. The second-order valence-electron chi connectivity index (χ2n) is 4.61. The second-order valence-corrected chi connectivity index (χ2v) is 6.58. The lowest BCUT2D eigenvalue weighted by atomic mass is 10.2. The molecule has 7 heteroatoms. The van der Waals surface area contributed by atoms with E-state index in [1.165, 1.54) is 14.1 Å². The molecule has 1 aromatic carbocycles. The van der Waals surface area contributed by atoms with E-state index in [1.807, 2.05) is 30.3 Å². The van der Waals surface area contributed by atoms with Crippen molar-refractivity contribution in [2.75, 3.05) is 27.2 Å². The molecule has 0 unspecified atom stereocenters. The number of nitrogens with zero attached hydrogens (tertiary/aromatic N) is 2. The summed E-state index contributed by atoms with van der Waals surface area (Å²) < 4.78 is 31.8. The van der Waals surface area contributed by atoms with Crippen LogP contribution in [0.5, 0.6) is 5.75 Å². The largest absolute Gasteiger partial charge is 0.481 e. The number of aromatic nitrogens is 1. The van der Waals surface area contributed by atoms with Crippen molar-refractivity contribution in [3.05, 3.63) is 36.5 Å². The van der Waals surface area contributed by atoms with Crippen molar-refractivity contribution in [1.29, 1.82) is 0 Å². The quantitative estimate of drug-likeness (QED) is 0.835. The number of nitrogens with one attached hydrogen (secondary N) is 1. The Morgan fingerprint density at radius 1 is 1.27 bits per heavy atom. The van der Waals surface area contributed by atoms with Crippen LogP contribution in [0.2, 0.25) is 0 Å². The highest BCUT2D eigenvalue weighted by molar-refractivity contribution is 7.87. The van der Waals surface area contributed by atoms with Crippen molar-refractivity contribution in [2.24, 2.45) is 0 Å². The van der Waals surface area contributed by atoms with Crippen LogP contribution < -0.4 is 9.46 Å². The van der Waals surface area contributed by atoms with E-state index in [1.54, 1.807) is 6.20 Å². The van der Waals surface area contributed by atoms with Crippen LogP contribution in [-0.4, -0.2) is 45.0 Å². The molecule has 0 aliphatic rings. The van der Waals surface area contributed by atoms with Crippen LogP contribution in [0, 0.1) is 11.8 Å². The summed E-state index contributed by atoms with van der Waals surface area (Å²) in [6.07, 6.45) is 1.72. The first-order valence-corrected chi connectivity index (χ1v) is 8.03. The second kappa shape index (κ2) is 7.22. The maximum absolute atomic E-state index is 11.4. The Morgan fingerprint density at radius 2 is 2.09 bits per heavy atom. The van der Waals surface area contributed by atoms with E-state index in [-0.39, 0.29) is 13.2 Å². The zero-order valence-electron chi connectivity index (χ0n) is 12.4. The lowest BCUT2D eigenvalue weighted by Crippen LogP contribution is -2.35. The molecule has 1 N–H and O–H groups in total. The van der Waals surface area contributed by atoms with Crippen LogP contribution >= 0.6 is 0 Å². The van der Waals surface area contributed by atoms with E-state index in [0.717, 1.165) is 15.2 Å². The minimum Gasteiger partial charge on any atom is -0.481 e. The molecule has 0 radical (unpaired) electrons. The van der Waals surface area contributed by atoms with E-state index >= 15 is 0 Å². The van der Waals surface area contributed by atoms with Crippen molar-refractivity contribution in [1.82, 2.24) is 14.0 Å². The van der Waals surface area contributed by atoms with E-state index in [9.17, 15) is 8.42 Å². The van der Waals surface area contributed by atoms with Crippen molar-refractivity contribution in [3.63, 3.8) is 0 Å². The zero-order valence-corrected chi connectivity index (χ0v) is 13.2. The van der Waals surface area contributed by atoms with Gasteiger partial charge in [0.15, 0.2) is 0 Å². The molecule has 0 saturated heterocycles. The van der Waals surface area contributed by atoms with E-state index in [4.69, 9.17) is 4.74 Å². The fraction of sp³-hybridized carbons (Fsp3) is 0.267. The molecule has 0 bridgehead atoms. The predicted molar refractivity (Wildman–Crippen MR) is 85.6 cm³/mol. The van der Waals surface area contributed by atoms with Crippen molar-refractivity contribution < 1.29 is 13.2 Å². The average molecular weight is 319 g/mol. The molecule has 1 heterocycles. The number of benzene rings is 1. The summed E-state index contributed by atoms with van der Waals surface area (Å²) in [6, 6.07) is 9.47. The van der Waals surface area contributed by atoms with Crippen LogP contribution in [0.25, 0.3) is 10.9 Å². The summed E-state index contributed by atoms with van der Waals surface area (Å²) in [5, 5.41) is 1.04. The minimum absolute atomic E-state index is 0.0448. The van der Waals surface area contributed by atoms with Crippen LogP contribution in [0.3, 0.4) is 0 Å². The van der Waals surface area contributed by atoms with Gasteiger partial charge >= 0.3 is 0 Å². The van der Waals surface area contributed by atoms with Crippen LogP contribution in [0.15, 0.2) is 36.5 Å². The van der Waals surface area contributed by atoms with Crippen molar-refractivity contribution in [3.8, 4) is 17.6 Å². The average Bonchev–Trinajstić information content (AvgIpc) is 2.50. The molecular formula is C15H17N3O3S. The third-order valence-electron chi connectivity index (χ3n) is 2.84. The molecule has 116 valence electrons. The highest BCUT2D eigenvalue weighted by atomic mass is 32.2. The van der Waals surface area contributed by atoms with Gasteiger partial charge in [0.2, 0.25) is 0 Å². The highest BCUT2D eigenvalue weighted by Crippen LogP contribution is 2.18. The third-order valence-corrected chi connectivity index (χ3v) is 4.31. The smallest absolute Gasteiger partial charge is 0.279 e. The molecule has 0 fully saturated rings. The molecule has 2 rings (SSSR count). The van der Waals surface area contributed by atoms with Crippen molar-refractivity contribution in [2.45, 2.75) is 0 Å². The summed E-state index contributed by atoms with van der Waals surface area (Å²) in [6.45, 7) is 0.227. The molecular weight excluding hydrogens is 302 g/mol. The number of hydrogen-bond donors (Lipinski definition) is 1. The summed E-state index contributed by atoms with van der Waals surface area (Å²) in [5.41, 5.74) is 0.853. The number of rotatable bonds is 5. The number of pyridine rings is 1. The normalized spacial score (nSPS) is 11.2. The number of fused-ring (bicyclic) bond motifs is 1. The molecule has 0 aliphatic heterocycles. The molecule has 0 aliphatic carbocycles. The van der Waals surface area contributed by atoms with Gasteiger partial charge in [0.1, 0.15) is 12.4 Å². The van der Waals surface area contributed by atoms with Gasteiger partial charge in [0.05, 0.1) is 12.1 Å². The molecule has 22 heavy (non-hydrogen) atoms. The van der Waals surface area contributed by atoms with Gasteiger partial charge in [-0.1, -0.05) is 17.9 Å². The fourth-order valence-electron chi connectivity index (χ4n) is 1.63. The Hall–Kier alpha value is -2.14. The first-order valence-electron chi connectivity index (χ1n) is 6.59. The van der Waals surface area contributed by atoms with E-state index in [0.29, 0.717) is 5.75 Å². The van der Waals surface area contributed by atoms with E-state index < -0.39 is 10.2 Å². The summed E-state index contributed by atoms with van der Waals surface area (Å²) in [4.78, 5) is 4.25. The Kier molecular flexibility index (Phi) is 5.33. The van der Waals surface area contributed by atoms with Gasteiger partial charge in [0, 0.05) is 31.7 Å². The summed E-state index contributed by atoms with van der Waals surface area (Å²) >= 11 is 0. The summed E-state index contributed by atoms with van der Waals surface area (Å²) in [5.74, 6) is 6.13. The molecule has 0 spiro atoms. The van der Waals surface area contributed by atoms with Gasteiger partial charge in [-0.25, -0.2) is 0 Å². The SMILES string of the molecule is CN(C)S(=O)(=O)NCC#CCOc1ccc2cccnc2c1. The molecule has 0 amide bonds. The van der Waals surface area contributed by atoms with Gasteiger partial charge in [-0.05, 0) is 18.2 Å². The Morgan fingerprint density at radius 3 is 2.86 bits per heavy atom. The Balaban J connectivity index is 1.85. The number of ether oxygens (including phenoxy) is 1. The van der Waals surface area contributed by atoms with E-state index in [2.05, 4.69) is 21.5 Å². The first kappa shape index (κ1) is 16.2. The van der Waals surface area contributed by atoms with Crippen LogP contribution in [-0.2, 0) is 10.2 Å². The Bertz CT molecular complexity index is 807. The molecule has 0 saturated carbocycles.